The molecule has 2 aromatic rings. The van der Waals surface area contributed by atoms with Crippen LogP contribution in [0.25, 0.3) is 0 Å². The molecular formula is C27H28O5. The highest BCUT2D eigenvalue weighted by Gasteiger charge is 2.57. The van der Waals surface area contributed by atoms with Crippen molar-refractivity contribution in [3.05, 3.63) is 83.9 Å². The Bertz CT molecular complexity index is 978. The van der Waals surface area contributed by atoms with Crippen LogP contribution in [0.4, 0.5) is 0 Å². The van der Waals surface area contributed by atoms with Gasteiger partial charge in [-0.05, 0) is 42.0 Å². The van der Waals surface area contributed by atoms with Gasteiger partial charge in [0, 0.05) is 25.2 Å². The lowest BCUT2D eigenvalue weighted by atomic mass is 9.90. The number of benzene rings is 2. The van der Waals surface area contributed by atoms with E-state index in [0.717, 1.165) is 24.8 Å². The van der Waals surface area contributed by atoms with Crippen LogP contribution in [0.3, 0.4) is 0 Å². The zero-order chi connectivity index (χ0) is 22.0. The van der Waals surface area contributed by atoms with Gasteiger partial charge in [0.1, 0.15) is 6.10 Å². The maximum absolute atomic E-state index is 12.7. The molecule has 5 rings (SSSR count). The van der Waals surface area contributed by atoms with Gasteiger partial charge >= 0.3 is 5.97 Å². The molecule has 3 aliphatic rings. The highest BCUT2D eigenvalue weighted by atomic mass is 16.7. The molecule has 3 fully saturated rings. The monoisotopic (exact) mass is 432 g/mol. The summed E-state index contributed by atoms with van der Waals surface area (Å²) in [6.45, 7) is 1.25. The fourth-order valence-electron chi connectivity index (χ4n) is 5.58. The second-order valence-corrected chi connectivity index (χ2v) is 9.05. The van der Waals surface area contributed by atoms with Gasteiger partial charge in [-0.25, -0.2) is 4.79 Å². The van der Waals surface area contributed by atoms with E-state index in [9.17, 15) is 9.59 Å². The Labute approximate surface area is 188 Å². The van der Waals surface area contributed by atoms with Crippen LogP contribution in [0.15, 0.2) is 72.8 Å². The van der Waals surface area contributed by atoms with Gasteiger partial charge in [-0.3, -0.25) is 4.79 Å². The molecule has 0 radical (unpaired) electrons. The third kappa shape index (κ3) is 4.41. The zero-order valence-electron chi connectivity index (χ0n) is 18.0. The predicted octanol–water partition coefficient (Wildman–Crippen LogP) is 4.37. The van der Waals surface area contributed by atoms with E-state index in [-0.39, 0.29) is 29.7 Å². The maximum atomic E-state index is 12.7. The predicted molar refractivity (Wildman–Crippen MR) is 119 cm³/mol. The number of carbonyl (C=O) groups excluding carboxylic acids is 2. The van der Waals surface area contributed by atoms with Gasteiger partial charge in [-0.2, -0.15) is 0 Å². The second kappa shape index (κ2) is 9.00. The Kier molecular flexibility index (Phi) is 5.94. The van der Waals surface area contributed by atoms with E-state index in [1.54, 1.807) is 18.2 Å². The van der Waals surface area contributed by atoms with E-state index in [1.165, 1.54) is 0 Å². The molecule has 5 nitrogen and oxygen atoms in total. The van der Waals surface area contributed by atoms with E-state index in [2.05, 4.69) is 0 Å². The highest BCUT2D eigenvalue weighted by Crippen LogP contribution is 2.55. The van der Waals surface area contributed by atoms with Crippen molar-refractivity contribution in [2.75, 3.05) is 13.2 Å². The first-order valence-corrected chi connectivity index (χ1v) is 11.4. The molecule has 0 bridgehead atoms. The van der Waals surface area contributed by atoms with Gasteiger partial charge in [-0.15, -0.1) is 0 Å². The molecule has 5 heteroatoms. The number of ether oxygens (including phenoxy) is 3. The third-order valence-corrected chi connectivity index (χ3v) is 6.99. The molecule has 2 aromatic carbocycles. The number of allylic oxidation sites excluding steroid dienone is 1. The molecule has 0 aromatic heterocycles. The van der Waals surface area contributed by atoms with Crippen molar-refractivity contribution in [2.24, 2.45) is 17.8 Å². The lowest BCUT2D eigenvalue weighted by molar-refractivity contribution is -0.157. The van der Waals surface area contributed by atoms with Gasteiger partial charge in [0.2, 0.25) is 0 Å². The van der Waals surface area contributed by atoms with Crippen molar-refractivity contribution in [3.8, 4) is 0 Å². The largest absolute Gasteiger partial charge is 0.458 e. The van der Waals surface area contributed by atoms with Crippen molar-refractivity contribution in [1.82, 2.24) is 0 Å². The first kappa shape index (κ1) is 21.1. The standard InChI is InChI=1S/C27H28O5/c28-22(15-19-7-3-1-4-8-19)11-12-23-24-18-27(30-13-14-31-27)17-21(24)16-25(23)32-26(29)20-9-5-2-6-10-20/h1-12,21,23-25H,13-18H2/t21-,23-,24+,25-/m1/s1. The van der Waals surface area contributed by atoms with E-state index in [1.807, 2.05) is 54.6 Å². The fraction of sp³-hybridized carbons (Fsp3) is 0.407. The highest BCUT2D eigenvalue weighted by molar-refractivity contribution is 5.91. The molecule has 1 heterocycles. The average molecular weight is 433 g/mol. The van der Waals surface area contributed by atoms with Crippen LogP contribution in [0.5, 0.6) is 0 Å². The number of carbonyl (C=O) groups is 2. The molecule has 1 saturated heterocycles. The average Bonchev–Trinajstić information content (AvgIpc) is 3.49. The minimum absolute atomic E-state index is 0.0282. The Hall–Kier alpha value is -2.76. The quantitative estimate of drug-likeness (QED) is 0.501. The lowest BCUT2D eigenvalue weighted by Gasteiger charge is -2.26. The van der Waals surface area contributed by atoms with Crippen LogP contribution in [0.2, 0.25) is 0 Å². The molecular weight excluding hydrogens is 404 g/mol. The molecule has 4 atom stereocenters. The van der Waals surface area contributed by atoms with Crippen LogP contribution >= 0.6 is 0 Å². The molecule has 0 unspecified atom stereocenters. The smallest absolute Gasteiger partial charge is 0.338 e. The normalized spacial score (nSPS) is 28.2. The van der Waals surface area contributed by atoms with Crippen LogP contribution in [0.1, 0.15) is 35.2 Å². The van der Waals surface area contributed by atoms with Gasteiger partial charge in [-0.1, -0.05) is 54.6 Å². The van der Waals surface area contributed by atoms with Crippen molar-refractivity contribution in [2.45, 2.75) is 37.6 Å². The number of esters is 1. The summed E-state index contributed by atoms with van der Waals surface area (Å²) in [5.74, 6) is -0.173. The third-order valence-electron chi connectivity index (χ3n) is 6.99. The topological polar surface area (TPSA) is 61.8 Å². The first-order valence-electron chi connectivity index (χ1n) is 11.4. The van der Waals surface area contributed by atoms with Gasteiger partial charge < -0.3 is 14.2 Å². The van der Waals surface area contributed by atoms with Crippen molar-refractivity contribution >= 4 is 11.8 Å². The molecule has 0 amide bonds. The van der Waals surface area contributed by atoms with Crippen molar-refractivity contribution in [3.63, 3.8) is 0 Å². The maximum Gasteiger partial charge on any atom is 0.338 e. The van der Waals surface area contributed by atoms with E-state index >= 15 is 0 Å². The van der Waals surface area contributed by atoms with Crippen LogP contribution in [-0.4, -0.2) is 36.9 Å². The summed E-state index contributed by atoms with van der Waals surface area (Å²) in [6.07, 6.45) is 6.11. The molecule has 2 saturated carbocycles. The summed E-state index contributed by atoms with van der Waals surface area (Å²) in [4.78, 5) is 25.3. The van der Waals surface area contributed by atoms with Gasteiger partial charge in [0.25, 0.3) is 0 Å². The van der Waals surface area contributed by atoms with Crippen LogP contribution in [0, 0.1) is 17.8 Å². The minimum Gasteiger partial charge on any atom is -0.458 e. The summed E-state index contributed by atoms with van der Waals surface area (Å²) < 4.78 is 17.9. The minimum atomic E-state index is -0.496. The number of rotatable bonds is 6. The Morgan fingerprint density at radius 3 is 2.38 bits per heavy atom. The molecule has 0 N–H and O–H groups in total. The summed E-state index contributed by atoms with van der Waals surface area (Å²) in [5.41, 5.74) is 1.54. The van der Waals surface area contributed by atoms with Crippen LogP contribution < -0.4 is 0 Å². The van der Waals surface area contributed by atoms with Crippen molar-refractivity contribution in [1.29, 1.82) is 0 Å². The number of fused-ring (bicyclic) bond motifs is 1. The van der Waals surface area contributed by atoms with Gasteiger partial charge in [0.15, 0.2) is 11.6 Å². The van der Waals surface area contributed by atoms with E-state index in [0.29, 0.717) is 31.1 Å². The van der Waals surface area contributed by atoms with E-state index < -0.39 is 5.79 Å². The summed E-state index contributed by atoms with van der Waals surface area (Å²) >= 11 is 0. The summed E-state index contributed by atoms with van der Waals surface area (Å²) in [5, 5.41) is 0. The fourth-order valence-corrected chi connectivity index (χ4v) is 5.58. The number of ketones is 1. The number of hydrogen-bond acceptors (Lipinski definition) is 5. The second-order valence-electron chi connectivity index (χ2n) is 9.05. The Morgan fingerprint density at radius 1 is 0.969 bits per heavy atom. The molecule has 166 valence electrons. The molecule has 32 heavy (non-hydrogen) atoms. The SMILES string of the molecule is O=C(C=C[C@@H]1[C@H]2CC3(C[C@H]2C[C@H]1OC(=O)c1ccccc1)OCCO3)Cc1ccccc1. The zero-order valence-corrected chi connectivity index (χ0v) is 18.0. The molecule has 2 aliphatic carbocycles. The Balaban J connectivity index is 1.32. The molecule has 1 spiro atoms. The molecule has 1 aliphatic heterocycles. The summed E-state index contributed by atoms with van der Waals surface area (Å²) in [7, 11) is 0. The number of hydrogen-bond donors (Lipinski definition) is 0. The van der Waals surface area contributed by atoms with Gasteiger partial charge in [0.05, 0.1) is 18.8 Å². The first-order chi connectivity index (χ1) is 15.6. The summed E-state index contributed by atoms with van der Waals surface area (Å²) in [6, 6.07) is 18.8. The lowest BCUT2D eigenvalue weighted by Crippen LogP contribution is -2.31. The Morgan fingerprint density at radius 2 is 1.66 bits per heavy atom. The van der Waals surface area contributed by atoms with Crippen molar-refractivity contribution < 1.29 is 23.8 Å². The van der Waals surface area contributed by atoms with E-state index in [4.69, 9.17) is 14.2 Å². The van der Waals surface area contributed by atoms with Crippen LogP contribution in [-0.2, 0) is 25.4 Å².